The van der Waals surface area contributed by atoms with Gasteiger partial charge in [-0.2, -0.15) is 5.10 Å². The van der Waals surface area contributed by atoms with Crippen LogP contribution in [0.4, 0.5) is 4.79 Å². The Morgan fingerprint density at radius 3 is 2.48 bits per heavy atom. The van der Waals surface area contributed by atoms with Crippen molar-refractivity contribution in [3.8, 4) is 5.75 Å². The van der Waals surface area contributed by atoms with Gasteiger partial charge in [-0.05, 0) is 48.5 Å². The predicted molar refractivity (Wildman–Crippen MR) is 112 cm³/mol. The number of carbonyl (C=O) groups excluding carboxylic acids is 2. The molecular weight excluding hydrogens is 390 g/mol. The van der Waals surface area contributed by atoms with E-state index in [-0.39, 0.29) is 23.3 Å². The first-order valence-electron chi connectivity index (χ1n) is 8.95. The van der Waals surface area contributed by atoms with Crippen molar-refractivity contribution >= 4 is 39.8 Å². The van der Waals surface area contributed by atoms with Crippen molar-refractivity contribution in [2.75, 3.05) is 6.61 Å². The highest BCUT2D eigenvalue weighted by molar-refractivity contribution is 8.18. The third kappa shape index (κ3) is 4.07. The van der Waals surface area contributed by atoms with E-state index in [1.807, 2.05) is 25.1 Å². The van der Waals surface area contributed by atoms with Crippen molar-refractivity contribution < 1.29 is 14.3 Å². The standard InChI is InChI=1S/C21H17N3O4S/c1-13-16-4-2-3-5-17(16)20(26)24(23-13)10-11-28-15-8-6-14(7-9-15)12-18-19(25)22-21(27)29-18/h2-9,12H,10-11H2,1H3,(H,22,25,27)/b18-12-. The zero-order valence-electron chi connectivity index (χ0n) is 15.5. The number of benzene rings is 2. The van der Waals surface area contributed by atoms with Crippen LogP contribution in [0, 0.1) is 6.92 Å². The number of nitrogens with one attached hydrogen (secondary N) is 1. The van der Waals surface area contributed by atoms with E-state index in [9.17, 15) is 14.4 Å². The molecule has 1 N–H and O–H groups in total. The van der Waals surface area contributed by atoms with Gasteiger partial charge in [-0.15, -0.1) is 0 Å². The molecular formula is C21H17N3O4S. The normalized spacial score (nSPS) is 15.1. The lowest BCUT2D eigenvalue weighted by Crippen LogP contribution is -2.26. The van der Waals surface area contributed by atoms with Crippen LogP contribution in [0.1, 0.15) is 11.3 Å². The number of aryl methyl sites for hydroxylation is 1. The van der Waals surface area contributed by atoms with E-state index in [2.05, 4.69) is 10.4 Å². The number of carbonyl (C=O) groups is 2. The lowest BCUT2D eigenvalue weighted by Gasteiger charge is -2.10. The molecule has 1 aliphatic rings. The monoisotopic (exact) mass is 407 g/mol. The summed E-state index contributed by atoms with van der Waals surface area (Å²) < 4.78 is 7.14. The van der Waals surface area contributed by atoms with Gasteiger partial charge in [0.2, 0.25) is 0 Å². The van der Waals surface area contributed by atoms with Gasteiger partial charge >= 0.3 is 0 Å². The average Bonchev–Trinajstić information content (AvgIpc) is 3.04. The number of hydrogen-bond donors (Lipinski definition) is 1. The van der Waals surface area contributed by atoms with Crippen LogP contribution < -0.4 is 15.6 Å². The van der Waals surface area contributed by atoms with Gasteiger partial charge in [0, 0.05) is 5.39 Å². The van der Waals surface area contributed by atoms with Crippen LogP contribution in [0.2, 0.25) is 0 Å². The smallest absolute Gasteiger partial charge is 0.290 e. The predicted octanol–water partition coefficient (Wildman–Crippen LogP) is 3.11. The zero-order chi connectivity index (χ0) is 20.4. The van der Waals surface area contributed by atoms with Crippen molar-refractivity contribution in [1.29, 1.82) is 0 Å². The molecule has 2 aromatic carbocycles. The van der Waals surface area contributed by atoms with Gasteiger partial charge in [-0.1, -0.05) is 30.3 Å². The Kier molecular flexibility index (Phi) is 5.18. The number of hydrogen-bond acceptors (Lipinski definition) is 6. The Labute approximate surface area is 170 Å². The first-order valence-corrected chi connectivity index (χ1v) is 9.77. The van der Waals surface area contributed by atoms with Gasteiger partial charge in [0.15, 0.2) is 0 Å². The van der Waals surface area contributed by atoms with Crippen LogP contribution in [0.15, 0.2) is 58.2 Å². The zero-order valence-corrected chi connectivity index (χ0v) is 16.4. The molecule has 4 rings (SSSR count). The molecule has 29 heavy (non-hydrogen) atoms. The summed E-state index contributed by atoms with van der Waals surface area (Å²) >= 11 is 0.878. The second kappa shape index (κ2) is 7.92. The fraction of sp³-hybridized carbons (Fsp3) is 0.143. The highest BCUT2D eigenvalue weighted by Crippen LogP contribution is 2.26. The lowest BCUT2D eigenvalue weighted by molar-refractivity contribution is -0.115. The molecule has 0 spiro atoms. The van der Waals surface area contributed by atoms with Crippen molar-refractivity contribution in [2.24, 2.45) is 0 Å². The second-order valence-corrected chi connectivity index (χ2v) is 7.44. The number of amides is 2. The van der Waals surface area contributed by atoms with Crippen LogP contribution in [-0.2, 0) is 11.3 Å². The first-order chi connectivity index (χ1) is 14.0. The van der Waals surface area contributed by atoms with Gasteiger partial charge in [0.1, 0.15) is 12.4 Å². The number of nitrogens with zero attached hydrogens (tertiary/aromatic N) is 2. The van der Waals surface area contributed by atoms with Crippen LogP contribution >= 0.6 is 11.8 Å². The average molecular weight is 407 g/mol. The van der Waals surface area contributed by atoms with Gasteiger partial charge in [-0.25, -0.2) is 4.68 Å². The number of fused-ring (bicyclic) bond motifs is 1. The van der Waals surface area contributed by atoms with Crippen molar-refractivity contribution in [2.45, 2.75) is 13.5 Å². The maximum absolute atomic E-state index is 12.6. The van der Waals surface area contributed by atoms with Gasteiger partial charge in [0.25, 0.3) is 16.7 Å². The Morgan fingerprint density at radius 1 is 1.07 bits per heavy atom. The molecule has 1 saturated heterocycles. The van der Waals surface area contributed by atoms with E-state index in [0.29, 0.717) is 22.6 Å². The Bertz CT molecular complexity index is 1200. The summed E-state index contributed by atoms with van der Waals surface area (Å²) in [6.45, 7) is 2.50. The quantitative estimate of drug-likeness (QED) is 0.654. The topological polar surface area (TPSA) is 90.3 Å². The summed E-state index contributed by atoms with van der Waals surface area (Å²) in [6, 6.07) is 14.5. The van der Waals surface area contributed by atoms with Crippen LogP contribution in [0.5, 0.6) is 5.75 Å². The second-order valence-electron chi connectivity index (χ2n) is 6.43. The first kappa shape index (κ1) is 18.9. The van der Waals surface area contributed by atoms with Crippen LogP contribution in [0.3, 0.4) is 0 Å². The molecule has 0 bridgehead atoms. The highest BCUT2D eigenvalue weighted by atomic mass is 32.2. The fourth-order valence-corrected chi connectivity index (χ4v) is 3.72. The summed E-state index contributed by atoms with van der Waals surface area (Å²) in [5.41, 5.74) is 1.44. The molecule has 146 valence electrons. The van der Waals surface area contributed by atoms with Crippen LogP contribution in [-0.4, -0.2) is 27.5 Å². The molecule has 2 heterocycles. The molecule has 1 aromatic heterocycles. The molecule has 8 heteroatoms. The molecule has 1 fully saturated rings. The summed E-state index contributed by atoms with van der Waals surface area (Å²) in [4.78, 5) is 35.7. The van der Waals surface area contributed by atoms with E-state index in [1.54, 1.807) is 36.4 Å². The maximum atomic E-state index is 12.6. The third-order valence-electron chi connectivity index (χ3n) is 4.44. The van der Waals surface area contributed by atoms with Gasteiger partial charge in [-0.3, -0.25) is 19.7 Å². The van der Waals surface area contributed by atoms with Gasteiger partial charge in [0.05, 0.1) is 22.5 Å². The maximum Gasteiger partial charge on any atom is 0.290 e. The van der Waals surface area contributed by atoms with Crippen molar-refractivity contribution in [3.05, 3.63) is 75.0 Å². The van der Waals surface area contributed by atoms with E-state index in [4.69, 9.17) is 4.74 Å². The number of imide groups is 1. The Morgan fingerprint density at radius 2 is 1.79 bits per heavy atom. The number of aromatic nitrogens is 2. The minimum Gasteiger partial charge on any atom is -0.492 e. The minimum atomic E-state index is -0.385. The fourth-order valence-electron chi connectivity index (χ4n) is 3.04. The molecule has 0 aliphatic carbocycles. The number of ether oxygens (including phenoxy) is 1. The van der Waals surface area contributed by atoms with E-state index in [0.717, 1.165) is 28.4 Å². The summed E-state index contributed by atoms with van der Waals surface area (Å²) in [5.74, 6) is 0.251. The molecule has 0 atom stereocenters. The van der Waals surface area contributed by atoms with Crippen LogP contribution in [0.25, 0.3) is 16.8 Å². The molecule has 0 saturated carbocycles. The van der Waals surface area contributed by atoms with Crippen molar-refractivity contribution in [3.63, 3.8) is 0 Å². The number of rotatable bonds is 5. The summed E-state index contributed by atoms with van der Waals surface area (Å²) in [7, 11) is 0. The summed E-state index contributed by atoms with van der Waals surface area (Å²) in [6.07, 6.45) is 1.65. The lowest BCUT2D eigenvalue weighted by atomic mass is 10.1. The highest BCUT2D eigenvalue weighted by Gasteiger charge is 2.24. The molecule has 3 aromatic rings. The Hall–Kier alpha value is -3.39. The Balaban J connectivity index is 1.41. The van der Waals surface area contributed by atoms with E-state index < -0.39 is 0 Å². The summed E-state index contributed by atoms with van der Waals surface area (Å²) in [5, 5.41) is 7.72. The molecule has 7 nitrogen and oxygen atoms in total. The van der Waals surface area contributed by atoms with Gasteiger partial charge < -0.3 is 4.74 Å². The molecule has 0 unspecified atom stereocenters. The molecule has 1 aliphatic heterocycles. The molecule has 2 amide bonds. The third-order valence-corrected chi connectivity index (χ3v) is 5.25. The van der Waals surface area contributed by atoms with E-state index in [1.165, 1.54) is 4.68 Å². The minimum absolute atomic E-state index is 0.140. The molecule has 0 radical (unpaired) electrons. The van der Waals surface area contributed by atoms with E-state index >= 15 is 0 Å². The van der Waals surface area contributed by atoms with Crippen molar-refractivity contribution in [1.82, 2.24) is 15.1 Å². The largest absolute Gasteiger partial charge is 0.492 e. The SMILES string of the molecule is Cc1nn(CCOc2ccc(/C=C3\SC(=O)NC3=O)cc2)c(=O)c2ccccc12. The number of thioether (sulfide) groups is 1.